The smallest absolute Gasteiger partial charge is 0.466 e. The van der Waals surface area contributed by atoms with Crippen molar-refractivity contribution in [3.05, 3.63) is 16.1 Å². The van der Waals surface area contributed by atoms with E-state index >= 15 is 0 Å². The van der Waals surface area contributed by atoms with Gasteiger partial charge in [-0.2, -0.15) is 0 Å². The molecule has 368 valence electrons. The zero-order chi connectivity index (χ0) is 46.2. The quantitative estimate of drug-likeness (QED) is 0.0363. The molecule has 0 amide bonds. The van der Waals surface area contributed by atoms with Crippen molar-refractivity contribution in [1.82, 2.24) is 4.98 Å². The molecule has 0 aliphatic carbocycles. The Bertz CT molecular complexity index is 1140. The van der Waals surface area contributed by atoms with Crippen molar-refractivity contribution in [2.45, 2.75) is 272 Å². The molecule has 1 heterocycles. The van der Waals surface area contributed by atoms with E-state index in [1.807, 2.05) is 6.20 Å². The van der Waals surface area contributed by atoms with Gasteiger partial charge in [-0.1, -0.05) is 190 Å². The van der Waals surface area contributed by atoms with Gasteiger partial charge in [-0.15, -0.1) is 11.3 Å². The number of esters is 2. The van der Waals surface area contributed by atoms with Crippen molar-refractivity contribution in [2.75, 3.05) is 19.8 Å². The standard InChI is InChI=1S/C54H99NO7S/c1-8-12-22-30-47(31-23-13-9-2)38-41-59-51(56)36-28-20-16-18-26-34-49(62-54(58)61-43-40-50-44-55-53(63-50)46(7)45(5)6)35-27-19-17-21-29-37-52(57)60-42-39-48(32-24-14-10-3)33-25-15-11-4/h44-49H,8-43H2,1-7H3. The van der Waals surface area contributed by atoms with E-state index in [2.05, 4.69) is 53.5 Å². The summed E-state index contributed by atoms with van der Waals surface area (Å²) in [5.41, 5.74) is 0. The first-order valence-corrected chi connectivity index (χ1v) is 27.5. The van der Waals surface area contributed by atoms with Crippen molar-refractivity contribution in [3.8, 4) is 0 Å². The van der Waals surface area contributed by atoms with Crippen LogP contribution in [-0.4, -0.2) is 49.0 Å². The van der Waals surface area contributed by atoms with E-state index in [0.717, 1.165) is 99.8 Å². The minimum absolute atomic E-state index is 0.0571. The third-order valence-corrected chi connectivity index (χ3v) is 14.3. The van der Waals surface area contributed by atoms with E-state index in [-0.39, 0.29) is 24.6 Å². The monoisotopic (exact) mass is 906 g/mol. The number of rotatable bonds is 44. The molecule has 0 spiro atoms. The van der Waals surface area contributed by atoms with Crippen molar-refractivity contribution in [2.24, 2.45) is 17.8 Å². The topological polar surface area (TPSA) is 101 Å². The van der Waals surface area contributed by atoms with Gasteiger partial charge >= 0.3 is 18.1 Å². The van der Waals surface area contributed by atoms with Gasteiger partial charge in [-0.05, 0) is 69.1 Å². The predicted octanol–water partition coefficient (Wildman–Crippen LogP) is 16.8. The second kappa shape index (κ2) is 41.3. The summed E-state index contributed by atoms with van der Waals surface area (Å²) in [5, 5.41) is 1.13. The summed E-state index contributed by atoms with van der Waals surface area (Å²) in [6.45, 7) is 17.0. The average Bonchev–Trinajstić information content (AvgIpc) is 3.74. The highest BCUT2D eigenvalue weighted by Gasteiger charge is 2.18. The van der Waals surface area contributed by atoms with Crippen LogP contribution in [0.4, 0.5) is 4.79 Å². The fourth-order valence-corrected chi connectivity index (χ4v) is 9.49. The van der Waals surface area contributed by atoms with Gasteiger partial charge in [0.15, 0.2) is 0 Å². The fraction of sp³-hybridized carbons (Fsp3) is 0.889. The van der Waals surface area contributed by atoms with Crippen LogP contribution >= 0.6 is 11.3 Å². The number of thiazole rings is 1. The number of unbranched alkanes of at least 4 members (excludes halogenated alkanes) is 16. The van der Waals surface area contributed by atoms with Crippen LogP contribution in [0, 0.1) is 17.8 Å². The maximum absolute atomic E-state index is 12.8. The van der Waals surface area contributed by atoms with Crippen molar-refractivity contribution < 1.29 is 33.3 Å². The lowest BCUT2D eigenvalue weighted by atomic mass is 9.92. The highest BCUT2D eigenvalue weighted by molar-refractivity contribution is 7.11. The molecule has 0 saturated carbocycles. The summed E-state index contributed by atoms with van der Waals surface area (Å²) >= 11 is 1.70. The Kier molecular flexibility index (Phi) is 38.6. The molecular formula is C54H99NO7S. The number of aromatic nitrogens is 1. The van der Waals surface area contributed by atoms with E-state index in [9.17, 15) is 14.4 Å². The summed E-state index contributed by atoms with van der Waals surface area (Å²) in [7, 11) is 0. The molecule has 0 aliphatic heterocycles. The number of nitrogens with zero attached hydrogens (tertiary/aromatic N) is 1. The molecule has 1 aromatic heterocycles. The Balaban J connectivity index is 2.44. The maximum Gasteiger partial charge on any atom is 0.508 e. The minimum Gasteiger partial charge on any atom is -0.466 e. The number of carbonyl (C=O) groups is 3. The number of ether oxygens (including phenoxy) is 4. The molecule has 9 heteroatoms. The molecule has 0 aromatic carbocycles. The zero-order valence-electron chi connectivity index (χ0n) is 42.1. The lowest BCUT2D eigenvalue weighted by molar-refractivity contribution is -0.145. The van der Waals surface area contributed by atoms with Crippen LogP contribution < -0.4 is 0 Å². The third-order valence-electron chi connectivity index (χ3n) is 13.0. The van der Waals surface area contributed by atoms with E-state index in [4.69, 9.17) is 18.9 Å². The van der Waals surface area contributed by atoms with Gasteiger partial charge in [0.2, 0.25) is 0 Å². The predicted molar refractivity (Wildman–Crippen MR) is 265 cm³/mol. The third kappa shape index (κ3) is 33.9. The summed E-state index contributed by atoms with van der Waals surface area (Å²) in [6.07, 6.45) is 36.5. The highest BCUT2D eigenvalue weighted by atomic mass is 32.1. The van der Waals surface area contributed by atoms with E-state index < -0.39 is 6.16 Å². The van der Waals surface area contributed by atoms with Crippen LogP contribution in [0.25, 0.3) is 0 Å². The maximum atomic E-state index is 12.8. The second-order valence-electron chi connectivity index (χ2n) is 19.1. The second-order valence-corrected chi connectivity index (χ2v) is 20.3. The molecule has 8 nitrogen and oxygen atoms in total. The van der Waals surface area contributed by atoms with Gasteiger partial charge in [0.05, 0.1) is 24.8 Å². The Morgan fingerprint density at radius 1 is 0.508 bits per heavy atom. The Morgan fingerprint density at radius 2 is 0.921 bits per heavy atom. The minimum atomic E-state index is -0.584. The Labute approximate surface area is 392 Å². The molecule has 0 aliphatic rings. The zero-order valence-corrected chi connectivity index (χ0v) is 42.9. The lowest BCUT2D eigenvalue weighted by Gasteiger charge is -2.18. The summed E-state index contributed by atoms with van der Waals surface area (Å²) in [6, 6.07) is 0. The molecule has 0 saturated heterocycles. The SMILES string of the molecule is CCCCCC(CCCCC)CCOC(=O)CCCCCCCC(CCCCCCCC(=O)OCCC(CCCCC)CCCCC)OC(=O)OCCc1cnc(C(C)C(C)C)s1. The van der Waals surface area contributed by atoms with E-state index in [1.165, 1.54) is 103 Å². The van der Waals surface area contributed by atoms with Crippen LogP contribution in [0.2, 0.25) is 0 Å². The molecule has 1 rings (SSSR count). The van der Waals surface area contributed by atoms with Crippen molar-refractivity contribution >= 4 is 29.4 Å². The summed E-state index contributed by atoms with van der Waals surface area (Å²) in [5.74, 6) is 2.18. The molecule has 63 heavy (non-hydrogen) atoms. The molecule has 0 fully saturated rings. The van der Waals surface area contributed by atoms with Gasteiger partial charge < -0.3 is 18.9 Å². The highest BCUT2D eigenvalue weighted by Crippen LogP contribution is 2.28. The van der Waals surface area contributed by atoms with Crippen molar-refractivity contribution in [3.63, 3.8) is 0 Å². The van der Waals surface area contributed by atoms with Gasteiger partial charge in [0.1, 0.15) is 6.10 Å². The van der Waals surface area contributed by atoms with Crippen molar-refractivity contribution in [1.29, 1.82) is 0 Å². The summed E-state index contributed by atoms with van der Waals surface area (Å²) < 4.78 is 22.8. The Morgan fingerprint density at radius 3 is 1.35 bits per heavy atom. The largest absolute Gasteiger partial charge is 0.508 e. The Hall–Kier alpha value is -2.16. The molecule has 0 bridgehead atoms. The van der Waals surface area contributed by atoms with E-state index in [0.29, 0.717) is 56.1 Å². The first-order valence-electron chi connectivity index (χ1n) is 26.7. The van der Waals surface area contributed by atoms with Gasteiger partial charge in [0.25, 0.3) is 0 Å². The molecule has 0 N–H and O–H groups in total. The first kappa shape index (κ1) is 58.9. The van der Waals surface area contributed by atoms with Gasteiger partial charge in [0, 0.05) is 36.3 Å². The molecule has 1 unspecified atom stereocenters. The summed E-state index contributed by atoms with van der Waals surface area (Å²) in [4.78, 5) is 43.5. The van der Waals surface area contributed by atoms with Crippen LogP contribution in [0.3, 0.4) is 0 Å². The molecule has 1 atom stereocenters. The first-order chi connectivity index (χ1) is 30.6. The van der Waals surface area contributed by atoms with Crippen LogP contribution in [0.15, 0.2) is 6.20 Å². The average molecular weight is 906 g/mol. The number of carbonyl (C=O) groups excluding carboxylic acids is 3. The number of hydrogen-bond acceptors (Lipinski definition) is 9. The van der Waals surface area contributed by atoms with E-state index in [1.54, 1.807) is 11.3 Å². The lowest BCUT2D eigenvalue weighted by Crippen LogP contribution is -2.20. The molecule has 0 radical (unpaired) electrons. The van der Waals surface area contributed by atoms with Crippen LogP contribution in [-0.2, 0) is 35.0 Å². The normalized spacial score (nSPS) is 12.2. The number of hydrogen-bond donors (Lipinski definition) is 0. The molecular weight excluding hydrogens is 807 g/mol. The van der Waals surface area contributed by atoms with Gasteiger partial charge in [-0.3, -0.25) is 9.59 Å². The van der Waals surface area contributed by atoms with Gasteiger partial charge in [-0.25, -0.2) is 9.78 Å². The molecule has 1 aromatic rings. The van der Waals surface area contributed by atoms with Crippen LogP contribution in [0.5, 0.6) is 0 Å². The van der Waals surface area contributed by atoms with Crippen LogP contribution in [0.1, 0.15) is 270 Å². The fourth-order valence-electron chi connectivity index (χ4n) is 8.37.